The van der Waals surface area contributed by atoms with Crippen molar-refractivity contribution < 1.29 is 9.53 Å². The molecule has 8 heteroatoms. The maximum Gasteiger partial charge on any atom is 0.260 e. The number of carbonyl (C=O) groups excluding carboxylic acids is 1. The van der Waals surface area contributed by atoms with Crippen LogP contribution in [0.25, 0.3) is 0 Å². The van der Waals surface area contributed by atoms with Gasteiger partial charge in [-0.05, 0) is 42.0 Å². The van der Waals surface area contributed by atoms with Gasteiger partial charge in [0.25, 0.3) is 5.91 Å². The van der Waals surface area contributed by atoms with Crippen molar-refractivity contribution in [1.29, 1.82) is 0 Å². The zero-order chi connectivity index (χ0) is 20.8. The molecule has 0 spiro atoms. The SMILES string of the molecule is CCc1nc(CN2CCN(C(=O)COc3ccc(C4SCCCS4)cc3)CC2)cs1. The van der Waals surface area contributed by atoms with E-state index in [1.165, 1.54) is 28.5 Å². The van der Waals surface area contributed by atoms with E-state index in [2.05, 4.69) is 34.3 Å². The first kappa shape index (κ1) is 22.0. The van der Waals surface area contributed by atoms with Gasteiger partial charge in [0, 0.05) is 38.1 Å². The Bertz CT molecular complexity index is 813. The summed E-state index contributed by atoms with van der Waals surface area (Å²) in [7, 11) is 0. The van der Waals surface area contributed by atoms with E-state index in [1.54, 1.807) is 11.3 Å². The van der Waals surface area contributed by atoms with Crippen LogP contribution in [-0.4, -0.2) is 65.0 Å². The fourth-order valence-corrected chi connectivity index (χ4v) is 7.24. The third-order valence-electron chi connectivity index (χ3n) is 5.35. The minimum absolute atomic E-state index is 0.0686. The van der Waals surface area contributed by atoms with Crippen molar-refractivity contribution in [2.75, 3.05) is 44.3 Å². The quantitative estimate of drug-likeness (QED) is 0.610. The molecule has 1 aromatic carbocycles. The van der Waals surface area contributed by atoms with Crippen LogP contribution in [0.15, 0.2) is 29.6 Å². The van der Waals surface area contributed by atoms with E-state index in [4.69, 9.17) is 4.74 Å². The molecule has 2 aromatic rings. The van der Waals surface area contributed by atoms with Crippen LogP contribution in [0.4, 0.5) is 0 Å². The molecule has 1 aromatic heterocycles. The van der Waals surface area contributed by atoms with Crippen LogP contribution in [0.3, 0.4) is 0 Å². The van der Waals surface area contributed by atoms with E-state index in [-0.39, 0.29) is 12.5 Å². The smallest absolute Gasteiger partial charge is 0.260 e. The van der Waals surface area contributed by atoms with Crippen molar-refractivity contribution in [3.05, 3.63) is 45.9 Å². The Balaban J connectivity index is 1.19. The molecule has 2 aliphatic rings. The highest BCUT2D eigenvalue weighted by molar-refractivity contribution is 8.16. The number of ether oxygens (including phenoxy) is 1. The molecule has 0 atom stereocenters. The minimum Gasteiger partial charge on any atom is -0.484 e. The molecule has 1 amide bonds. The summed E-state index contributed by atoms with van der Waals surface area (Å²) in [6.45, 7) is 6.39. The normalized spacial score (nSPS) is 18.5. The third-order valence-corrected chi connectivity index (χ3v) is 9.41. The number of carbonyl (C=O) groups is 1. The maximum absolute atomic E-state index is 12.6. The molecule has 0 bridgehead atoms. The number of nitrogens with zero attached hydrogens (tertiary/aromatic N) is 3. The number of hydrogen-bond acceptors (Lipinski definition) is 7. The Morgan fingerprint density at radius 2 is 1.87 bits per heavy atom. The van der Waals surface area contributed by atoms with Crippen LogP contribution < -0.4 is 4.74 Å². The summed E-state index contributed by atoms with van der Waals surface area (Å²) in [6, 6.07) is 8.26. The van der Waals surface area contributed by atoms with Crippen LogP contribution in [0.2, 0.25) is 0 Å². The summed E-state index contributed by atoms with van der Waals surface area (Å²) < 4.78 is 6.30. The average Bonchev–Trinajstić information content (AvgIpc) is 3.26. The molecule has 2 aliphatic heterocycles. The number of thiazole rings is 1. The van der Waals surface area contributed by atoms with Crippen LogP contribution in [-0.2, 0) is 17.8 Å². The van der Waals surface area contributed by atoms with Gasteiger partial charge in [-0.2, -0.15) is 0 Å². The van der Waals surface area contributed by atoms with E-state index in [1.807, 2.05) is 40.6 Å². The summed E-state index contributed by atoms with van der Waals surface area (Å²) in [5.74, 6) is 3.31. The topological polar surface area (TPSA) is 45.7 Å². The second kappa shape index (κ2) is 10.9. The van der Waals surface area contributed by atoms with E-state index in [0.29, 0.717) is 4.58 Å². The number of piperazine rings is 1. The Kier molecular flexibility index (Phi) is 7.98. The molecule has 30 heavy (non-hydrogen) atoms. The predicted molar refractivity (Wildman–Crippen MR) is 128 cm³/mol. The number of benzene rings is 1. The van der Waals surface area contributed by atoms with Crippen molar-refractivity contribution in [2.24, 2.45) is 0 Å². The second-order valence-electron chi connectivity index (χ2n) is 7.53. The van der Waals surface area contributed by atoms with Crippen molar-refractivity contribution in [3.8, 4) is 5.75 Å². The molecule has 162 valence electrons. The molecule has 0 N–H and O–H groups in total. The number of aryl methyl sites for hydroxylation is 1. The average molecular weight is 464 g/mol. The Morgan fingerprint density at radius 1 is 1.13 bits per heavy atom. The highest BCUT2D eigenvalue weighted by atomic mass is 32.2. The second-order valence-corrected chi connectivity index (χ2v) is 11.2. The van der Waals surface area contributed by atoms with E-state index < -0.39 is 0 Å². The third kappa shape index (κ3) is 5.93. The van der Waals surface area contributed by atoms with Gasteiger partial charge in [-0.1, -0.05) is 19.1 Å². The fraction of sp³-hybridized carbons (Fsp3) is 0.545. The summed E-state index contributed by atoms with van der Waals surface area (Å²) in [5, 5.41) is 3.35. The van der Waals surface area contributed by atoms with Gasteiger partial charge >= 0.3 is 0 Å². The molecule has 2 saturated heterocycles. The minimum atomic E-state index is 0.0686. The zero-order valence-corrected chi connectivity index (χ0v) is 19.9. The molecule has 0 aliphatic carbocycles. The lowest BCUT2D eigenvalue weighted by molar-refractivity contribution is -0.135. The summed E-state index contributed by atoms with van der Waals surface area (Å²) in [6.07, 6.45) is 2.29. The molecule has 0 unspecified atom stereocenters. The van der Waals surface area contributed by atoms with Gasteiger partial charge in [0.2, 0.25) is 0 Å². The molecule has 3 heterocycles. The number of amides is 1. The highest BCUT2D eigenvalue weighted by Crippen LogP contribution is 2.43. The maximum atomic E-state index is 12.6. The number of rotatable bonds is 7. The van der Waals surface area contributed by atoms with Crippen LogP contribution in [0, 0.1) is 0 Å². The highest BCUT2D eigenvalue weighted by Gasteiger charge is 2.22. The lowest BCUT2D eigenvalue weighted by Gasteiger charge is -2.34. The monoisotopic (exact) mass is 463 g/mol. The first-order valence-electron chi connectivity index (χ1n) is 10.6. The molecule has 4 rings (SSSR count). The number of hydrogen-bond donors (Lipinski definition) is 0. The van der Waals surface area contributed by atoms with Gasteiger partial charge < -0.3 is 9.64 Å². The van der Waals surface area contributed by atoms with Gasteiger partial charge in [-0.3, -0.25) is 9.69 Å². The number of thioether (sulfide) groups is 2. The van der Waals surface area contributed by atoms with E-state index in [9.17, 15) is 4.79 Å². The Morgan fingerprint density at radius 3 is 2.53 bits per heavy atom. The van der Waals surface area contributed by atoms with Crippen molar-refractivity contribution in [2.45, 2.75) is 30.9 Å². The van der Waals surface area contributed by atoms with Gasteiger partial charge in [0.1, 0.15) is 5.75 Å². The van der Waals surface area contributed by atoms with Crippen LogP contribution in [0.1, 0.15) is 34.2 Å². The lowest BCUT2D eigenvalue weighted by Crippen LogP contribution is -2.49. The van der Waals surface area contributed by atoms with Crippen molar-refractivity contribution in [3.63, 3.8) is 0 Å². The van der Waals surface area contributed by atoms with Crippen molar-refractivity contribution >= 4 is 40.8 Å². The lowest BCUT2D eigenvalue weighted by atomic mass is 10.2. The summed E-state index contributed by atoms with van der Waals surface area (Å²) in [4.78, 5) is 21.5. The molecule has 5 nitrogen and oxygen atoms in total. The predicted octanol–water partition coefficient (Wildman–Crippen LogP) is 4.30. The number of aromatic nitrogens is 1. The van der Waals surface area contributed by atoms with Gasteiger partial charge in [0.15, 0.2) is 6.61 Å². The van der Waals surface area contributed by atoms with Gasteiger partial charge in [0.05, 0.1) is 15.3 Å². The molecule has 2 fully saturated rings. The Labute approximate surface area is 191 Å². The fourth-order valence-electron chi connectivity index (χ4n) is 3.61. The van der Waals surface area contributed by atoms with Crippen LogP contribution in [0.5, 0.6) is 5.75 Å². The molecule has 0 radical (unpaired) electrons. The summed E-state index contributed by atoms with van der Waals surface area (Å²) in [5.41, 5.74) is 2.49. The van der Waals surface area contributed by atoms with Crippen molar-refractivity contribution in [1.82, 2.24) is 14.8 Å². The molecular formula is C22H29N3O2S3. The standard InChI is InChI=1S/C22H29N3O2S3/c1-2-20-23-18(16-30-20)14-24-8-10-25(11-9-24)21(26)15-27-19-6-4-17(5-7-19)22-28-12-3-13-29-22/h4-7,16,22H,2-3,8-15H2,1H3. The molecular weight excluding hydrogens is 434 g/mol. The van der Waals surface area contributed by atoms with E-state index in [0.717, 1.165) is 50.6 Å². The zero-order valence-electron chi connectivity index (χ0n) is 17.4. The molecule has 0 saturated carbocycles. The Hall–Kier alpha value is -1.22. The summed E-state index contributed by atoms with van der Waals surface area (Å²) >= 11 is 5.77. The van der Waals surface area contributed by atoms with Gasteiger partial charge in [-0.15, -0.1) is 34.9 Å². The largest absolute Gasteiger partial charge is 0.484 e. The first-order chi connectivity index (χ1) is 14.7. The van der Waals surface area contributed by atoms with Crippen LogP contribution >= 0.6 is 34.9 Å². The van der Waals surface area contributed by atoms with E-state index >= 15 is 0 Å². The first-order valence-corrected chi connectivity index (χ1v) is 13.6. The van der Waals surface area contributed by atoms with Gasteiger partial charge in [-0.25, -0.2) is 4.98 Å².